The minimum atomic E-state index is -0.701. The van der Waals surface area contributed by atoms with Crippen LogP contribution in [0.5, 0.6) is 5.75 Å². The molecular formula is C35H47N5O6. The summed E-state index contributed by atoms with van der Waals surface area (Å²) in [5.41, 5.74) is 2.73. The van der Waals surface area contributed by atoms with Crippen LogP contribution in [0.4, 0.5) is 5.69 Å². The van der Waals surface area contributed by atoms with E-state index in [1.54, 1.807) is 11.0 Å². The number of ether oxygens (including phenoxy) is 3. The van der Waals surface area contributed by atoms with Crippen LogP contribution in [0.15, 0.2) is 48.5 Å². The average Bonchev–Trinajstić information content (AvgIpc) is 3.08. The van der Waals surface area contributed by atoms with Crippen LogP contribution in [0.25, 0.3) is 0 Å². The van der Waals surface area contributed by atoms with Crippen LogP contribution in [0.3, 0.4) is 0 Å². The minimum absolute atomic E-state index is 0.0272. The maximum absolute atomic E-state index is 14.0. The lowest BCUT2D eigenvalue weighted by molar-refractivity contribution is -0.134. The van der Waals surface area contributed by atoms with E-state index in [1.807, 2.05) is 32.3 Å². The molecule has 11 nitrogen and oxygen atoms in total. The lowest BCUT2D eigenvalue weighted by Gasteiger charge is -2.42. The number of nitrogens with one attached hydrogen (secondary N) is 2. The van der Waals surface area contributed by atoms with Crippen molar-refractivity contribution in [2.24, 2.45) is 5.92 Å². The fourth-order valence-corrected chi connectivity index (χ4v) is 6.94. The van der Waals surface area contributed by atoms with E-state index in [0.29, 0.717) is 76.6 Å². The smallest absolute Gasteiger partial charge is 0.258 e. The van der Waals surface area contributed by atoms with Gasteiger partial charge in [0.15, 0.2) is 0 Å². The molecule has 4 aliphatic rings. The number of carbonyl (C=O) groups is 3. The molecule has 2 aromatic rings. The van der Waals surface area contributed by atoms with Crippen molar-refractivity contribution in [1.82, 2.24) is 20.4 Å². The normalized spacial score (nSPS) is 26.5. The summed E-state index contributed by atoms with van der Waals surface area (Å²) in [6.45, 7) is 3.96. The third-order valence-corrected chi connectivity index (χ3v) is 9.71. The SMILES string of the molecule is CN(C)c1ccc(CN2CCN3C(=O)c4ccccc4OCC[C@@H]4CC[C@@H](NC(=O)C5CCOCC5)[C@@H](CNC(=O)[C@@H]3C2)O4)cc1. The lowest BCUT2D eigenvalue weighted by Crippen LogP contribution is -2.62. The first-order valence-corrected chi connectivity index (χ1v) is 16.7. The van der Waals surface area contributed by atoms with Crippen molar-refractivity contribution >= 4 is 23.4 Å². The summed E-state index contributed by atoms with van der Waals surface area (Å²) in [7, 11) is 4.03. The number of amides is 3. The van der Waals surface area contributed by atoms with Gasteiger partial charge in [0.05, 0.1) is 30.4 Å². The number of hydrogen-bond acceptors (Lipinski definition) is 8. The first-order chi connectivity index (χ1) is 22.4. The Labute approximate surface area is 271 Å². The number of hydrogen-bond donors (Lipinski definition) is 2. The molecule has 0 radical (unpaired) electrons. The second-order valence-electron chi connectivity index (χ2n) is 13.1. The zero-order valence-electron chi connectivity index (χ0n) is 27.0. The van der Waals surface area contributed by atoms with Crippen molar-refractivity contribution in [2.45, 2.75) is 62.9 Å². The molecule has 2 N–H and O–H groups in total. The molecule has 4 atom stereocenters. The van der Waals surface area contributed by atoms with E-state index in [-0.39, 0.29) is 48.4 Å². The zero-order valence-corrected chi connectivity index (χ0v) is 27.0. The highest BCUT2D eigenvalue weighted by molar-refractivity contribution is 6.00. The van der Waals surface area contributed by atoms with Crippen molar-refractivity contribution in [3.63, 3.8) is 0 Å². The van der Waals surface area contributed by atoms with Crippen LogP contribution < -0.4 is 20.3 Å². The fourth-order valence-electron chi connectivity index (χ4n) is 6.94. The fraction of sp³-hybridized carbons (Fsp3) is 0.571. The van der Waals surface area contributed by atoms with Gasteiger partial charge in [-0.25, -0.2) is 0 Å². The van der Waals surface area contributed by atoms with Crippen molar-refractivity contribution in [1.29, 1.82) is 0 Å². The number of benzene rings is 2. The Morgan fingerprint density at radius 2 is 1.74 bits per heavy atom. The summed E-state index contributed by atoms with van der Waals surface area (Å²) in [6, 6.07) is 14.8. The van der Waals surface area contributed by atoms with Crippen molar-refractivity contribution < 1.29 is 28.6 Å². The molecular weight excluding hydrogens is 586 g/mol. The van der Waals surface area contributed by atoms with Crippen molar-refractivity contribution in [3.8, 4) is 5.75 Å². The Balaban J connectivity index is 1.21. The van der Waals surface area contributed by atoms with Gasteiger partial charge in [-0.05, 0) is 55.5 Å². The monoisotopic (exact) mass is 633 g/mol. The lowest BCUT2D eigenvalue weighted by atomic mass is 9.94. The van der Waals surface area contributed by atoms with Gasteiger partial charge in [-0.15, -0.1) is 0 Å². The standard InChI is InChI=1S/C35H47N5O6/c1-38(2)26-9-7-24(8-10-26)22-39-16-17-40-30(23-39)34(42)36-21-32-29(37-33(41)25-13-18-44-19-14-25)12-11-27(46-32)15-20-45-31-6-4-3-5-28(31)35(40)43/h3-10,25,27,29-30,32H,11-23H2,1-2H3,(H,36,42)(H,37,41)/t27-,29+,30-,32+/m0/s1. The molecule has 4 heterocycles. The second kappa shape index (κ2) is 14.8. The highest BCUT2D eigenvalue weighted by Gasteiger charge is 2.39. The van der Waals surface area contributed by atoms with E-state index in [0.717, 1.165) is 24.1 Å². The summed E-state index contributed by atoms with van der Waals surface area (Å²) in [4.78, 5) is 47.2. The quantitative estimate of drug-likeness (QED) is 0.517. The highest BCUT2D eigenvalue weighted by atomic mass is 16.5. The summed E-state index contributed by atoms with van der Waals surface area (Å²) in [5, 5.41) is 6.37. The van der Waals surface area contributed by atoms with Gasteiger partial charge in [0, 0.05) is 78.1 Å². The Morgan fingerprint density at radius 3 is 2.52 bits per heavy atom. The average molecular weight is 634 g/mol. The largest absolute Gasteiger partial charge is 0.493 e. The molecule has 4 aliphatic heterocycles. The first kappa shape index (κ1) is 32.3. The van der Waals surface area contributed by atoms with Gasteiger partial charge in [-0.3, -0.25) is 19.3 Å². The van der Waals surface area contributed by atoms with Crippen molar-refractivity contribution in [3.05, 3.63) is 59.7 Å². The third-order valence-electron chi connectivity index (χ3n) is 9.71. The van der Waals surface area contributed by atoms with E-state index in [1.165, 1.54) is 0 Å². The molecule has 3 saturated heterocycles. The Morgan fingerprint density at radius 1 is 0.957 bits per heavy atom. The molecule has 248 valence electrons. The maximum atomic E-state index is 14.0. The molecule has 6 rings (SSSR count). The van der Waals surface area contributed by atoms with Gasteiger partial charge >= 0.3 is 0 Å². The molecule has 0 unspecified atom stereocenters. The van der Waals surface area contributed by atoms with E-state index < -0.39 is 6.04 Å². The third kappa shape index (κ3) is 7.65. The van der Waals surface area contributed by atoms with E-state index in [2.05, 4.69) is 44.7 Å². The van der Waals surface area contributed by atoms with Crippen LogP contribution in [-0.2, 0) is 25.6 Å². The minimum Gasteiger partial charge on any atom is -0.493 e. The second-order valence-corrected chi connectivity index (χ2v) is 13.1. The Bertz CT molecular complexity index is 1360. The summed E-state index contributed by atoms with van der Waals surface area (Å²) < 4.78 is 18.1. The molecule has 2 aromatic carbocycles. The van der Waals surface area contributed by atoms with E-state index >= 15 is 0 Å². The van der Waals surface area contributed by atoms with Gasteiger partial charge in [-0.2, -0.15) is 0 Å². The number of fused-ring (bicyclic) bond motifs is 4. The Hall–Kier alpha value is -3.67. The maximum Gasteiger partial charge on any atom is 0.258 e. The number of carbonyl (C=O) groups excluding carboxylic acids is 3. The number of anilines is 1. The molecule has 0 spiro atoms. The van der Waals surface area contributed by atoms with Crippen LogP contribution in [-0.4, -0.2) is 112 Å². The number of para-hydroxylation sites is 1. The van der Waals surface area contributed by atoms with Gasteiger partial charge in [-0.1, -0.05) is 24.3 Å². The summed E-state index contributed by atoms with van der Waals surface area (Å²) >= 11 is 0. The molecule has 0 aliphatic carbocycles. The highest BCUT2D eigenvalue weighted by Crippen LogP contribution is 2.27. The van der Waals surface area contributed by atoms with Crippen LogP contribution in [0.2, 0.25) is 0 Å². The van der Waals surface area contributed by atoms with Crippen LogP contribution >= 0.6 is 0 Å². The number of nitrogens with zero attached hydrogens (tertiary/aromatic N) is 3. The first-order valence-electron chi connectivity index (χ1n) is 16.7. The predicted molar refractivity (Wildman–Crippen MR) is 174 cm³/mol. The predicted octanol–water partition coefficient (Wildman–Crippen LogP) is 2.44. The zero-order chi connectivity index (χ0) is 32.0. The van der Waals surface area contributed by atoms with E-state index in [9.17, 15) is 14.4 Å². The molecule has 3 fully saturated rings. The number of rotatable bonds is 5. The Kier molecular flexibility index (Phi) is 10.4. The van der Waals surface area contributed by atoms with Gasteiger partial charge in [0.2, 0.25) is 11.8 Å². The van der Waals surface area contributed by atoms with Gasteiger partial charge < -0.3 is 34.6 Å². The van der Waals surface area contributed by atoms with Gasteiger partial charge in [0.25, 0.3) is 5.91 Å². The number of piperazine rings is 1. The molecule has 0 saturated carbocycles. The van der Waals surface area contributed by atoms with Crippen LogP contribution in [0, 0.1) is 5.92 Å². The molecule has 2 bridgehead atoms. The molecule has 46 heavy (non-hydrogen) atoms. The van der Waals surface area contributed by atoms with E-state index in [4.69, 9.17) is 14.2 Å². The van der Waals surface area contributed by atoms with Gasteiger partial charge in [0.1, 0.15) is 11.8 Å². The molecule has 11 heteroatoms. The van der Waals surface area contributed by atoms with Crippen molar-refractivity contribution in [2.75, 3.05) is 65.0 Å². The van der Waals surface area contributed by atoms with Crippen LogP contribution in [0.1, 0.15) is 48.0 Å². The summed E-state index contributed by atoms with van der Waals surface area (Å²) in [6.07, 6.45) is 3.13. The summed E-state index contributed by atoms with van der Waals surface area (Å²) in [5.74, 6) is 0.0397. The molecule has 3 amide bonds. The molecule has 0 aromatic heterocycles. The topological polar surface area (TPSA) is 113 Å².